The molecule has 5 nitrogen and oxygen atoms in total. The summed E-state index contributed by atoms with van der Waals surface area (Å²) in [6, 6.07) is 14.0. The van der Waals surface area contributed by atoms with E-state index in [2.05, 4.69) is 16.7 Å². The Balaban J connectivity index is 1.43. The van der Waals surface area contributed by atoms with Crippen LogP contribution >= 0.6 is 0 Å². The van der Waals surface area contributed by atoms with Crippen molar-refractivity contribution in [1.29, 1.82) is 0 Å². The molecule has 5 heteroatoms. The van der Waals surface area contributed by atoms with Gasteiger partial charge in [-0.1, -0.05) is 30.3 Å². The highest BCUT2D eigenvalue weighted by Crippen LogP contribution is 2.34. The molecular weight excluding hydrogens is 364 g/mol. The first-order valence-electron chi connectivity index (χ1n) is 10.2. The van der Waals surface area contributed by atoms with Gasteiger partial charge in [-0.05, 0) is 56.5 Å². The Morgan fingerprint density at radius 2 is 1.93 bits per heavy atom. The van der Waals surface area contributed by atoms with E-state index in [4.69, 9.17) is 8.83 Å². The van der Waals surface area contributed by atoms with E-state index in [0.717, 1.165) is 64.6 Å². The van der Waals surface area contributed by atoms with Crippen molar-refractivity contribution >= 4 is 27.8 Å². The predicted octanol–water partition coefficient (Wildman–Crippen LogP) is 4.88. The summed E-state index contributed by atoms with van der Waals surface area (Å²) >= 11 is 0. The van der Waals surface area contributed by atoms with Crippen molar-refractivity contribution in [2.45, 2.75) is 19.8 Å². The minimum absolute atomic E-state index is 0.132. The summed E-state index contributed by atoms with van der Waals surface area (Å²) in [6.45, 7) is 4.69. The van der Waals surface area contributed by atoms with Crippen molar-refractivity contribution in [3.63, 3.8) is 0 Å². The summed E-state index contributed by atoms with van der Waals surface area (Å²) in [5.74, 6) is 0.807. The molecule has 4 aromatic rings. The fraction of sp³-hybridized carbons (Fsp3) is 0.292. The molecule has 0 saturated carbocycles. The molecule has 0 radical (unpaired) electrons. The highest BCUT2D eigenvalue weighted by molar-refractivity contribution is 6.01. The maximum absolute atomic E-state index is 12.7. The monoisotopic (exact) mass is 388 g/mol. The fourth-order valence-corrected chi connectivity index (χ4v) is 4.21. The lowest BCUT2D eigenvalue weighted by Gasteiger charge is -2.22. The number of amides is 1. The van der Waals surface area contributed by atoms with E-state index in [-0.39, 0.29) is 5.91 Å². The van der Waals surface area contributed by atoms with Crippen molar-refractivity contribution in [2.24, 2.45) is 5.92 Å². The summed E-state index contributed by atoms with van der Waals surface area (Å²) in [5, 5.41) is 8.44. The van der Waals surface area contributed by atoms with Crippen LogP contribution in [0, 0.1) is 12.8 Å². The molecule has 1 aliphatic heterocycles. The lowest BCUT2D eigenvalue weighted by atomic mass is 9.98. The summed E-state index contributed by atoms with van der Waals surface area (Å²) in [5.41, 5.74) is 4.49. The average Bonchev–Trinajstić information content (AvgIpc) is 3.34. The first kappa shape index (κ1) is 18.0. The molecule has 148 valence electrons. The summed E-state index contributed by atoms with van der Waals surface area (Å²) < 4.78 is 11.7. The first-order chi connectivity index (χ1) is 14.2. The number of furan rings is 2. The molecular formula is C24H24N2O3. The normalized spacial score (nSPS) is 15.2. The number of carbonyl (C=O) groups excluding carboxylic acids is 1. The lowest BCUT2D eigenvalue weighted by molar-refractivity contribution is 0.0917. The van der Waals surface area contributed by atoms with E-state index in [1.165, 1.54) is 0 Å². The third-order valence-electron chi connectivity index (χ3n) is 5.95. The zero-order valence-electron chi connectivity index (χ0n) is 16.5. The van der Waals surface area contributed by atoms with Gasteiger partial charge < -0.3 is 19.5 Å². The molecule has 0 aliphatic carbocycles. The minimum atomic E-state index is -0.132. The van der Waals surface area contributed by atoms with Gasteiger partial charge in [0.15, 0.2) is 5.76 Å². The van der Waals surface area contributed by atoms with Crippen LogP contribution < -0.4 is 10.6 Å². The maximum atomic E-state index is 12.7. The van der Waals surface area contributed by atoms with Gasteiger partial charge in [0, 0.05) is 28.4 Å². The average molecular weight is 388 g/mol. The van der Waals surface area contributed by atoms with Gasteiger partial charge in [0.1, 0.15) is 11.2 Å². The van der Waals surface area contributed by atoms with Crippen molar-refractivity contribution in [3.05, 3.63) is 60.1 Å². The SMILES string of the molecule is Cc1c(C(=O)NCC2CCNCC2)oc2cc(-c3coc4ccccc34)ccc12. The van der Waals surface area contributed by atoms with Crippen molar-refractivity contribution < 1.29 is 13.6 Å². The molecule has 1 amide bonds. The van der Waals surface area contributed by atoms with Gasteiger partial charge in [-0.2, -0.15) is 0 Å². The third kappa shape index (κ3) is 3.32. The van der Waals surface area contributed by atoms with Gasteiger partial charge in [0.05, 0.1) is 6.26 Å². The number of aryl methyl sites for hydroxylation is 1. The molecule has 0 unspecified atom stereocenters. The van der Waals surface area contributed by atoms with Gasteiger partial charge in [0.2, 0.25) is 0 Å². The van der Waals surface area contributed by atoms with E-state index in [1.54, 1.807) is 6.26 Å². The van der Waals surface area contributed by atoms with Gasteiger partial charge in [-0.25, -0.2) is 0 Å². The second kappa shape index (κ2) is 7.41. The van der Waals surface area contributed by atoms with Crippen LogP contribution in [0.1, 0.15) is 29.0 Å². The van der Waals surface area contributed by atoms with Crippen molar-refractivity contribution in [1.82, 2.24) is 10.6 Å². The smallest absolute Gasteiger partial charge is 0.287 e. The van der Waals surface area contributed by atoms with E-state index in [0.29, 0.717) is 18.2 Å². The Labute approximate surface area is 169 Å². The van der Waals surface area contributed by atoms with Crippen molar-refractivity contribution in [3.8, 4) is 11.1 Å². The van der Waals surface area contributed by atoms with Gasteiger partial charge in [-0.3, -0.25) is 4.79 Å². The molecule has 1 saturated heterocycles. The van der Waals surface area contributed by atoms with Gasteiger partial charge in [-0.15, -0.1) is 0 Å². The number of benzene rings is 2. The zero-order chi connectivity index (χ0) is 19.8. The number of rotatable bonds is 4. The van der Waals surface area contributed by atoms with Crippen LogP contribution in [-0.4, -0.2) is 25.5 Å². The zero-order valence-corrected chi connectivity index (χ0v) is 16.5. The molecule has 29 heavy (non-hydrogen) atoms. The second-order valence-electron chi connectivity index (χ2n) is 7.82. The van der Waals surface area contributed by atoms with Crippen LogP contribution in [0.15, 0.2) is 57.6 Å². The minimum Gasteiger partial charge on any atom is -0.464 e. The topological polar surface area (TPSA) is 67.4 Å². The predicted molar refractivity (Wildman–Crippen MR) is 114 cm³/mol. The number of hydrogen-bond acceptors (Lipinski definition) is 4. The number of piperidine rings is 1. The molecule has 3 heterocycles. The number of fused-ring (bicyclic) bond motifs is 2. The van der Waals surface area contributed by atoms with Crippen LogP contribution in [0.5, 0.6) is 0 Å². The fourth-order valence-electron chi connectivity index (χ4n) is 4.21. The lowest BCUT2D eigenvalue weighted by Crippen LogP contribution is -2.36. The molecule has 0 spiro atoms. The first-order valence-corrected chi connectivity index (χ1v) is 10.2. The van der Waals surface area contributed by atoms with Crippen LogP contribution in [0.3, 0.4) is 0 Å². The van der Waals surface area contributed by atoms with Gasteiger partial charge >= 0.3 is 0 Å². The van der Waals surface area contributed by atoms with Crippen LogP contribution in [0.2, 0.25) is 0 Å². The van der Waals surface area contributed by atoms with E-state index in [1.807, 2.05) is 43.3 Å². The third-order valence-corrected chi connectivity index (χ3v) is 5.95. The van der Waals surface area contributed by atoms with E-state index >= 15 is 0 Å². The highest BCUT2D eigenvalue weighted by Gasteiger charge is 2.20. The molecule has 5 rings (SSSR count). The maximum Gasteiger partial charge on any atom is 0.287 e. The number of nitrogens with one attached hydrogen (secondary N) is 2. The Kier molecular flexibility index (Phi) is 4.60. The Morgan fingerprint density at radius 3 is 2.79 bits per heavy atom. The summed E-state index contributed by atoms with van der Waals surface area (Å²) in [6.07, 6.45) is 3.97. The van der Waals surface area contributed by atoms with Crippen molar-refractivity contribution in [2.75, 3.05) is 19.6 Å². The van der Waals surface area contributed by atoms with Crippen LogP contribution in [-0.2, 0) is 0 Å². The summed E-state index contributed by atoms with van der Waals surface area (Å²) in [4.78, 5) is 12.7. The number of para-hydroxylation sites is 1. The molecule has 0 bridgehead atoms. The standard InChI is InChI=1S/C24H24N2O3/c1-15-18-7-6-17(20-14-28-21-5-3-2-4-19(20)21)12-22(18)29-23(15)24(27)26-13-16-8-10-25-11-9-16/h2-7,12,14,16,25H,8-11,13H2,1H3,(H,26,27). The molecule has 1 aliphatic rings. The molecule has 2 aromatic heterocycles. The Hall–Kier alpha value is -3.05. The molecule has 1 fully saturated rings. The van der Waals surface area contributed by atoms with Crippen LogP contribution in [0.25, 0.3) is 33.1 Å². The van der Waals surface area contributed by atoms with Crippen LogP contribution in [0.4, 0.5) is 0 Å². The quantitative estimate of drug-likeness (QED) is 0.523. The summed E-state index contributed by atoms with van der Waals surface area (Å²) in [7, 11) is 0. The number of carbonyl (C=O) groups is 1. The molecule has 2 aromatic carbocycles. The Morgan fingerprint density at radius 1 is 1.10 bits per heavy atom. The molecule has 2 N–H and O–H groups in total. The number of hydrogen-bond donors (Lipinski definition) is 2. The largest absolute Gasteiger partial charge is 0.464 e. The van der Waals surface area contributed by atoms with Gasteiger partial charge in [0.25, 0.3) is 5.91 Å². The molecule has 0 atom stereocenters. The Bertz CT molecular complexity index is 1180. The van der Waals surface area contributed by atoms with E-state index < -0.39 is 0 Å². The van der Waals surface area contributed by atoms with E-state index in [9.17, 15) is 4.79 Å². The highest BCUT2D eigenvalue weighted by atomic mass is 16.3. The second-order valence-corrected chi connectivity index (χ2v) is 7.82.